The minimum Gasteiger partial charge on any atom is -0.347 e. The van der Waals surface area contributed by atoms with Crippen molar-refractivity contribution in [3.8, 4) is 0 Å². The van der Waals surface area contributed by atoms with Gasteiger partial charge in [-0.15, -0.1) is 0 Å². The van der Waals surface area contributed by atoms with Crippen LogP contribution in [-0.4, -0.2) is 37.3 Å². The number of rotatable bonds is 3. The summed E-state index contributed by atoms with van der Waals surface area (Å²) in [6, 6.07) is 10.1. The Morgan fingerprint density at radius 3 is 2.78 bits per heavy atom. The van der Waals surface area contributed by atoms with Gasteiger partial charge in [-0.1, -0.05) is 30.3 Å². The zero-order valence-corrected chi connectivity index (χ0v) is 15.3. The molecule has 138 valence electrons. The zero-order chi connectivity index (χ0) is 19.0. The highest BCUT2D eigenvalue weighted by Gasteiger charge is 2.31. The van der Waals surface area contributed by atoms with Crippen LogP contribution in [0.5, 0.6) is 0 Å². The fraction of sp³-hybridized carbons (Fsp3) is 0.300. The molecular formula is C20H21N5O2. The van der Waals surface area contributed by atoms with Crippen molar-refractivity contribution in [1.82, 2.24) is 24.8 Å². The number of aromatic amines is 2. The number of carbonyl (C=O) groups excluding carboxylic acids is 1. The van der Waals surface area contributed by atoms with E-state index in [4.69, 9.17) is 0 Å². The summed E-state index contributed by atoms with van der Waals surface area (Å²) in [6.45, 7) is 4.50. The molecule has 1 aliphatic heterocycles. The van der Waals surface area contributed by atoms with E-state index < -0.39 is 0 Å². The first-order chi connectivity index (χ1) is 13.0. The molecule has 0 fully saturated rings. The first kappa shape index (κ1) is 17.2. The number of hydrogen-bond donors (Lipinski definition) is 2. The number of aromatic nitrogens is 4. The molecule has 3 aromatic rings. The smallest absolute Gasteiger partial charge is 0.254 e. The van der Waals surface area contributed by atoms with Crippen LogP contribution in [0, 0.1) is 13.8 Å². The van der Waals surface area contributed by atoms with Crippen molar-refractivity contribution in [2.75, 3.05) is 6.54 Å². The summed E-state index contributed by atoms with van der Waals surface area (Å²) in [5.74, 6) is 0.481. The van der Waals surface area contributed by atoms with Gasteiger partial charge in [0, 0.05) is 23.7 Å². The highest BCUT2D eigenvalue weighted by Crippen LogP contribution is 2.31. The van der Waals surface area contributed by atoms with Crippen molar-refractivity contribution in [2.24, 2.45) is 0 Å². The molecule has 0 spiro atoms. The molecule has 1 aromatic carbocycles. The maximum atomic E-state index is 13.0. The van der Waals surface area contributed by atoms with Crippen LogP contribution >= 0.6 is 0 Å². The Labute approximate surface area is 156 Å². The van der Waals surface area contributed by atoms with E-state index in [0.717, 1.165) is 17.0 Å². The number of fused-ring (bicyclic) bond motifs is 1. The third-order valence-corrected chi connectivity index (χ3v) is 5.06. The minimum absolute atomic E-state index is 0.0145. The molecule has 0 bridgehead atoms. The summed E-state index contributed by atoms with van der Waals surface area (Å²) in [4.78, 5) is 41.6. The zero-order valence-electron chi connectivity index (χ0n) is 15.3. The number of amides is 1. The Kier molecular flexibility index (Phi) is 4.35. The van der Waals surface area contributed by atoms with Crippen molar-refractivity contribution in [2.45, 2.75) is 32.7 Å². The van der Waals surface area contributed by atoms with E-state index >= 15 is 0 Å². The van der Waals surface area contributed by atoms with E-state index in [1.165, 1.54) is 0 Å². The van der Waals surface area contributed by atoms with Gasteiger partial charge >= 0.3 is 0 Å². The fourth-order valence-corrected chi connectivity index (χ4v) is 3.68. The predicted octanol–water partition coefficient (Wildman–Crippen LogP) is 1.83. The van der Waals surface area contributed by atoms with Gasteiger partial charge in [-0.2, -0.15) is 0 Å². The van der Waals surface area contributed by atoms with Crippen LogP contribution in [-0.2, 0) is 17.8 Å². The summed E-state index contributed by atoms with van der Waals surface area (Å²) in [7, 11) is 0. The summed E-state index contributed by atoms with van der Waals surface area (Å²) in [5.41, 5.74) is 3.83. The van der Waals surface area contributed by atoms with Crippen LogP contribution in [0.3, 0.4) is 0 Å². The molecule has 2 N–H and O–H groups in total. The van der Waals surface area contributed by atoms with E-state index in [0.29, 0.717) is 30.2 Å². The Bertz CT molecular complexity index is 1040. The van der Waals surface area contributed by atoms with E-state index in [9.17, 15) is 9.59 Å². The SMILES string of the molecule is Cc1nc(C)c(CC(=O)N2Cc3[nH]cnc3C(c3ccccc3)C2)c(=O)[nH]1. The summed E-state index contributed by atoms with van der Waals surface area (Å²) in [5, 5.41) is 0. The summed E-state index contributed by atoms with van der Waals surface area (Å²) >= 11 is 0. The number of nitrogens with zero attached hydrogens (tertiary/aromatic N) is 3. The first-order valence-electron chi connectivity index (χ1n) is 8.94. The van der Waals surface area contributed by atoms with Crippen LogP contribution in [0.25, 0.3) is 0 Å². The second kappa shape index (κ2) is 6.83. The van der Waals surface area contributed by atoms with Gasteiger partial charge in [-0.3, -0.25) is 9.59 Å². The Morgan fingerprint density at radius 1 is 1.26 bits per heavy atom. The highest BCUT2D eigenvalue weighted by atomic mass is 16.2. The van der Waals surface area contributed by atoms with Crippen LogP contribution in [0.1, 0.15) is 40.0 Å². The monoisotopic (exact) mass is 363 g/mol. The van der Waals surface area contributed by atoms with Crippen molar-refractivity contribution < 1.29 is 4.79 Å². The van der Waals surface area contributed by atoms with Crippen molar-refractivity contribution >= 4 is 5.91 Å². The second-order valence-electron chi connectivity index (χ2n) is 6.90. The van der Waals surface area contributed by atoms with E-state index in [-0.39, 0.29) is 23.8 Å². The number of aryl methyl sites for hydroxylation is 2. The number of H-pyrrole nitrogens is 2. The molecule has 1 unspecified atom stereocenters. The lowest BCUT2D eigenvalue weighted by molar-refractivity contribution is -0.131. The number of hydrogen-bond acceptors (Lipinski definition) is 4. The van der Waals surface area contributed by atoms with Gasteiger partial charge in [-0.25, -0.2) is 9.97 Å². The number of benzene rings is 1. The molecule has 3 heterocycles. The molecule has 27 heavy (non-hydrogen) atoms. The van der Waals surface area contributed by atoms with Crippen molar-refractivity contribution in [3.05, 3.63) is 81.0 Å². The van der Waals surface area contributed by atoms with Gasteiger partial charge in [0.2, 0.25) is 5.91 Å². The molecule has 7 nitrogen and oxygen atoms in total. The topological polar surface area (TPSA) is 94.7 Å². The van der Waals surface area contributed by atoms with Gasteiger partial charge in [0.1, 0.15) is 5.82 Å². The summed E-state index contributed by atoms with van der Waals surface area (Å²) < 4.78 is 0. The Balaban J connectivity index is 1.62. The molecule has 1 amide bonds. The normalized spacial score (nSPS) is 16.2. The molecule has 2 aromatic heterocycles. The Morgan fingerprint density at radius 2 is 2.04 bits per heavy atom. The van der Waals surface area contributed by atoms with Crippen molar-refractivity contribution in [3.63, 3.8) is 0 Å². The minimum atomic E-state index is -0.243. The van der Waals surface area contributed by atoms with Gasteiger partial charge in [-0.05, 0) is 19.4 Å². The standard InChI is InChI=1S/C20H21N5O2/c1-12-15(20(27)24-13(2)23-12)8-18(26)25-9-16(14-6-4-3-5-7-14)19-17(10-25)21-11-22-19/h3-7,11,16H,8-10H2,1-2H3,(H,21,22)(H,23,24,27). The molecule has 4 rings (SSSR count). The van der Waals surface area contributed by atoms with E-state index in [1.54, 1.807) is 25.1 Å². The molecule has 1 aliphatic rings. The maximum Gasteiger partial charge on any atom is 0.254 e. The first-order valence-corrected chi connectivity index (χ1v) is 8.94. The average Bonchev–Trinajstić information content (AvgIpc) is 3.13. The van der Waals surface area contributed by atoms with Crippen LogP contribution in [0.15, 0.2) is 41.5 Å². The molecule has 0 saturated heterocycles. The lowest BCUT2D eigenvalue weighted by atomic mass is 9.90. The molecule has 1 atom stereocenters. The molecular weight excluding hydrogens is 342 g/mol. The van der Waals surface area contributed by atoms with E-state index in [1.807, 2.05) is 18.2 Å². The number of imidazole rings is 1. The highest BCUT2D eigenvalue weighted by molar-refractivity contribution is 5.79. The van der Waals surface area contributed by atoms with Crippen LogP contribution in [0.2, 0.25) is 0 Å². The van der Waals surface area contributed by atoms with E-state index in [2.05, 4.69) is 32.1 Å². The Hall–Kier alpha value is -3.22. The fourth-order valence-electron chi connectivity index (χ4n) is 3.68. The van der Waals surface area contributed by atoms with Gasteiger partial charge in [0.15, 0.2) is 0 Å². The maximum absolute atomic E-state index is 13.0. The molecule has 7 heteroatoms. The molecule has 0 aliphatic carbocycles. The van der Waals surface area contributed by atoms with Crippen LogP contribution < -0.4 is 5.56 Å². The van der Waals surface area contributed by atoms with Gasteiger partial charge in [0.05, 0.1) is 30.7 Å². The third kappa shape index (κ3) is 3.28. The average molecular weight is 363 g/mol. The van der Waals surface area contributed by atoms with Crippen LogP contribution in [0.4, 0.5) is 0 Å². The quantitative estimate of drug-likeness (QED) is 0.742. The van der Waals surface area contributed by atoms with Crippen molar-refractivity contribution in [1.29, 1.82) is 0 Å². The lowest BCUT2D eigenvalue weighted by Gasteiger charge is -2.32. The molecule has 0 radical (unpaired) electrons. The van der Waals surface area contributed by atoms with Gasteiger partial charge in [0.25, 0.3) is 5.56 Å². The second-order valence-corrected chi connectivity index (χ2v) is 6.90. The summed E-state index contributed by atoms with van der Waals surface area (Å²) in [6.07, 6.45) is 1.72. The third-order valence-electron chi connectivity index (χ3n) is 5.06. The number of carbonyl (C=O) groups is 1. The predicted molar refractivity (Wildman–Crippen MR) is 100 cm³/mol. The number of nitrogens with one attached hydrogen (secondary N) is 2. The lowest BCUT2D eigenvalue weighted by Crippen LogP contribution is -2.40. The molecule has 0 saturated carbocycles. The van der Waals surface area contributed by atoms with Gasteiger partial charge < -0.3 is 14.9 Å². The largest absolute Gasteiger partial charge is 0.347 e.